The van der Waals surface area contributed by atoms with Gasteiger partial charge in [-0.1, -0.05) is 0 Å². The van der Waals surface area contributed by atoms with Crippen LogP contribution in [0.25, 0.3) is 0 Å². The summed E-state index contributed by atoms with van der Waals surface area (Å²) in [5.74, 6) is -1.41. The Bertz CT molecular complexity index is 599. The van der Waals surface area contributed by atoms with E-state index in [1.54, 1.807) is 6.92 Å². The number of ether oxygens (including phenoxy) is 3. The number of esters is 1. The molecule has 9 nitrogen and oxygen atoms in total. The first-order valence-electron chi connectivity index (χ1n) is 5.90. The number of aromatic hydroxyl groups is 1. The SMILES string of the molecule is CC1OC(=O)OC1COC(=O)c1cc([N+](=O)[O-])ccc1O. The Morgan fingerprint density at radius 3 is 2.76 bits per heavy atom. The van der Waals surface area contributed by atoms with Crippen molar-refractivity contribution in [3.8, 4) is 5.75 Å². The third-order valence-electron chi connectivity index (χ3n) is 2.84. The van der Waals surface area contributed by atoms with E-state index in [2.05, 4.69) is 0 Å². The van der Waals surface area contributed by atoms with Crippen LogP contribution < -0.4 is 0 Å². The lowest BCUT2D eigenvalue weighted by Gasteiger charge is -2.12. The Kier molecular flexibility index (Phi) is 3.92. The number of nitro groups is 1. The Labute approximate surface area is 118 Å². The van der Waals surface area contributed by atoms with Gasteiger partial charge in [0.2, 0.25) is 0 Å². The molecule has 1 saturated heterocycles. The van der Waals surface area contributed by atoms with Gasteiger partial charge >= 0.3 is 12.1 Å². The Morgan fingerprint density at radius 2 is 2.19 bits per heavy atom. The summed E-state index contributed by atoms with van der Waals surface area (Å²) in [6.45, 7) is 1.28. The van der Waals surface area contributed by atoms with E-state index in [9.17, 15) is 24.8 Å². The molecule has 2 atom stereocenters. The molecule has 0 aromatic heterocycles. The molecule has 9 heteroatoms. The van der Waals surface area contributed by atoms with Crippen molar-refractivity contribution < 1.29 is 33.8 Å². The smallest absolute Gasteiger partial charge is 0.507 e. The van der Waals surface area contributed by atoms with Crippen LogP contribution in [0.1, 0.15) is 17.3 Å². The van der Waals surface area contributed by atoms with Gasteiger partial charge in [0.25, 0.3) is 5.69 Å². The van der Waals surface area contributed by atoms with Crippen molar-refractivity contribution in [2.75, 3.05) is 6.61 Å². The number of rotatable bonds is 4. The predicted molar refractivity (Wildman–Crippen MR) is 65.9 cm³/mol. The molecule has 112 valence electrons. The van der Waals surface area contributed by atoms with Gasteiger partial charge in [-0.05, 0) is 13.0 Å². The average Bonchev–Trinajstić information content (AvgIpc) is 2.74. The highest BCUT2D eigenvalue weighted by molar-refractivity contribution is 5.93. The predicted octanol–water partition coefficient (Wildman–Crippen LogP) is 1.38. The number of carbonyl (C=O) groups excluding carboxylic acids is 2. The molecule has 0 saturated carbocycles. The standard InChI is InChI=1S/C12H11NO8/c1-6-10(21-12(16)20-6)5-19-11(15)8-4-7(13(17)18)2-3-9(8)14/h2-4,6,10,14H,5H2,1H3. The van der Waals surface area contributed by atoms with Gasteiger partial charge in [0, 0.05) is 12.1 Å². The van der Waals surface area contributed by atoms with E-state index in [1.165, 1.54) is 0 Å². The number of cyclic esters (lactones) is 2. The van der Waals surface area contributed by atoms with Crippen molar-refractivity contribution in [1.29, 1.82) is 0 Å². The van der Waals surface area contributed by atoms with Crippen LogP contribution in [-0.2, 0) is 14.2 Å². The highest BCUT2D eigenvalue weighted by atomic mass is 16.8. The van der Waals surface area contributed by atoms with Crippen molar-refractivity contribution in [2.45, 2.75) is 19.1 Å². The molecule has 1 aromatic rings. The quantitative estimate of drug-likeness (QED) is 0.502. The molecule has 2 unspecified atom stereocenters. The van der Waals surface area contributed by atoms with Crippen LogP contribution in [0.2, 0.25) is 0 Å². The van der Waals surface area contributed by atoms with E-state index < -0.39 is 35.0 Å². The number of phenolic OH excluding ortho intramolecular Hbond substituents is 1. The van der Waals surface area contributed by atoms with E-state index in [0.29, 0.717) is 0 Å². The maximum atomic E-state index is 11.8. The van der Waals surface area contributed by atoms with Gasteiger partial charge in [-0.3, -0.25) is 10.1 Å². The molecule has 21 heavy (non-hydrogen) atoms. The van der Waals surface area contributed by atoms with Crippen LogP contribution in [0, 0.1) is 10.1 Å². The maximum Gasteiger partial charge on any atom is 0.509 e. The minimum absolute atomic E-state index is 0.284. The van der Waals surface area contributed by atoms with Crippen LogP contribution >= 0.6 is 0 Å². The number of nitro benzene ring substituents is 1. The first-order valence-corrected chi connectivity index (χ1v) is 5.90. The summed E-state index contributed by atoms with van der Waals surface area (Å²) >= 11 is 0. The van der Waals surface area contributed by atoms with E-state index in [4.69, 9.17) is 14.2 Å². The van der Waals surface area contributed by atoms with Crippen molar-refractivity contribution in [3.63, 3.8) is 0 Å². The van der Waals surface area contributed by atoms with Crippen LogP contribution in [0.3, 0.4) is 0 Å². The zero-order valence-corrected chi connectivity index (χ0v) is 10.8. The molecule has 1 N–H and O–H groups in total. The van der Waals surface area contributed by atoms with Gasteiger partial charge in [-0.25, -0.2) is 9.59 Å². The fourth-order valence-corrected chi connectivity index (χ4v) is 1.68. The molecule has 0 amide bonds. The zero-order chi connectivity index (χ0) is 15.6. The summed E-state index contributed by atoms with van der Waals surface area (Å²) < 4.78 is 14.3. The monoisotopic (exact) mass is 297 g/mol. The van der Waals surface area contributed by atoms with Crippen LogP contribution in [-0.4, -0.2) is 41.0 Å². The maximum absolute atomic E-state index is 11.8. The topological polar surface area (TPSA) is 125 Å². The normalized spacial score (nSPS) is 20.5. The molecule has 1 fully saturated rings. The second-order valence-electron chi connectivity index (χ2n) is 4.29. The molecule has 2 rings (SSSR count). The van der Waals surface area contributed by atoms with E-state index in [0.717, 1.165) is 18.2 Å². The third kappa shape index (κ3) is 3.19. The average molecular weight is 297 g/mol. The van der Waals surface area contributed by atoms with Crippen LogP contribution in [0.15, 0.2) is 18.2 Å². The van der Waals surface area contributed by atoms with Gasteiger partial charge in [0.15, 0.2) is 6.10 Å². The minimum atomic E-state index is -0.966. The highest BCUT2D eigenvalue weighted by Crippen LogP contribution is 2.24. The summed E-state index contributed by atoms with van der Waals surface area (Å²) in [5.41, 5.74) is -0.703. The molecule has 1 aromatic carbocycles. The molecular formula is C12H11NO8. The van der Waals surface area contributed by atoms with Crippen molar-refractivity contribution in [1.82, 2.24) is 0 Å². The molecule has 1 aliphatic rings. The first kappa shape index (κ1) is 14.6. The fraction of sp³-hybridized carbons (Fsp3) is 0.333. The lowest BCUT2D eigenvalue weighted by atomic mass is 10.2. The van der Waals surface area contributed by atoms with Gasteiger partial charge in [0.1, 0.15) is 24.0 Å². The largest absolute Gasteiger partial charge is 0.509 e. The summed E-state index contributed by atoms with van der Waals surface area (Å²) in [6.07, 6.45) is -2.20. The molecule has 1 heterocycles. The lowest BCUT2D eigenvalue weighted by molar-refractivity contribution is -0.384. The zero-order valence-electron chi connectivity index (χ0n) is 10.8. The number of hydrogen-bond donors (Lipinski definition) is 1. The fourth-order valence-electron chi connectivity index (χ4n) is 1.68. The summed E-state index contributed by atoms with van der Waals surface area (Å²) in [7, 11) is 0. The van der Waals surface area contributed by atoms with Gasteiger partial charge < -0.3 is 19.3 Å². The van der Waals surface area contributed by atoms with E-state index in [-0.39, 0.29) is 17.9 Å². The Hall–Kier alpha value is -2.84. The first-order chi connectivity index (χ1) is 9.88. The van der Waals surface area contributed by atoms with E-state index >= 15 is 0 Å². The van der Waals surface area contributed by atoms with Crippen molar-refractivity contribution in [2.24, 2.45) is 0 Å². The highest BCUT2D eigenvalue weighted by Gasteiger charge is 2.34. The number of non-ortho nitro benzene ring substituents is 1. The van der Waals surface area contributed by atoms with Crippen LogP contribution in [0.5, 0.6) is 5.75 Å². The van der Waals surface area contributed by atoms with Crippen molar-refractivity contribution in [3.05, 3.63) is 33.9 Å². The number of benzene rings is 1. The second-order valence-corrected chi connectivity index (χ2v) is 4.29. The Balaban J connectivity index is 2.05. The third-order valence-corrected chi connectivity index (χ3v) is 2.84. The molecule has 0 aliphatic carbocycles. The number of hydrogen-bond acceptors (Lipinski definition) is 8. The summed E-state index contributed by atoms with van der Waals surface area (Å²) in [6, 6.07) is 2.98. The van der Waals surface area contributed by atoms with Crippen LogP contribution in [0.4, 0.5) is 10.5 Å². The van der Waals surface area contributed by atoms with E-state index in [1.807, 2.05) is 0 Å². The molecule has 0 radical (unpaired) electrons. The summed E-state index contributed by atoms with van der Waals surface area (Å²) in [5, 5.41) is 20.2. The second kappa shape index (κ2) is 5.65. The minimum Gasteiger partial charge on any atom is -0.507 e. The number of nitrogens with zero attached hydrogens (tertiary/aromatic N) is 1. The van der Waals surface area contributed by atoms with Gasteiger partial charge in [-0.2, -0.15) is 0 Å². The van der Waals surface area contributed by atoms with Crippen molar-refractivity contribution >= 4 is 17.8 Å². The number of carbonyl (C=O) groups is 2. The molecule has 0 spiro atoms. The number of phenols is 1. The summed E-state index contributed by atoms with van der Waals surface area (Å²) in [4.78, 5) is 32.6. The molecular weight excluding hydrogens is 286 g/mol. The lowest BCUT2D eigenvalue weighted by Crippen LogP contribution is -2.26. The molecule has 0 bridgehead atoms. The van der Waals surface area contributed by atoms with Gasteiger partial charge in [0.05, 0.1) is 4.92 Å². The van der Waals surface area contributed by atoms with Gasteiger partial charge in [-0.15, -0.1) is 0 Å². The Morgan fingerprint density at radius 1 is 1.48 bits per heavy atom. The molecule has 1 aliphatic heterocycles.